The van der Waals surface area contributed by atoms with Crippen molar-refractivity contribution >= 4 is 11.6 Å². The summed E-state index contributed by atoms with van der Waals surface area (Å²) in [7, 11) is 0. The van der Waals surface area contributed by atoms with Gasteiger partial charge in [0.05, 0.1) is 6.61 Å². The van der Waals surface area contributed by atoms with E-state index in [4.69, 9.17) is 17.3 Å². The van der Waals surface area contributed by atoms with E-state index in [1.54, 1.807) is 0 Å². The van der Waals surface area contributed by atoms with Crippen LogP contribution in [0.3, 0.4) is 0 Å². The molecule has 2 atom stereocenters. The molecule has 0 aromatic heterocycles. The lowest BCUT2D eigenvalue weighted by molar-refractivity contribution is 0.0894. The van der Waals surface area contributed by atoms with Gasteiger partial charge >= 0.3 is 0 Å². The van der Waals surface area contributed by atoms with E-state index >= 15 is 0 Å². The number of hydrogen-bond acceptors (Lipinski definition) is 3. The van der Waals surface area contributed by atoms with Crippen LogP contribution in [0, 0.1) is 6.92 Å². The average Bonchev–Trinajstić information content (AvgIpc) is 2.75. The lowest BCUT2D eigenvalue weighted by atomic mass is 10.0. The van der Waals surface area contributed by atoms with Gasteiger partial charge in [-0.15, -0.1) is 0 Å². The number of benzene rings is 1. The first kappa shape index (κ1) is 13.8. The minimum absolute atomic E-state index is 0.170. The summed E-state index contributed by atoms with van der Waals surface area (Å²) in [4.78, 5) is 2.30. The topological polar surface area (TPSA) is 49.5 Å². The Morgan fingerprint density at radius 1 is 1.56 bits per heavy atom. The Morgan fingerprint density at radius 2 is 2.28 bits per heavy atom. The molecule has 1 aliphatic heterocycles. The zero-order valence-corrected chi connectivity index (χ0v) is 11.7. The molecule has 1 heterocycles. The van der Waals surface area contributed by atoms with E-state index in [-0.39, 0.29) is 18.7 Å². The number of fused-ring (bicyclic) bond motifs is 1. The fraction of sp³-hybridized carbons (Fsp3) is 0.571. The molecule has 1 aliphatic rings. The summed E-state index contributed by atoms with van der Waals surface area (Å²) in [5.74, 6) is 0. The maximum Gasteiger partial charge on any atom is 0.0587 e. The van der Waals surface area contributed by atoms with Gasteiger partial charge < -0.3 is 10.8 Å². The van der Waals surface area contributed by atoms with Crippen LogP contribution in [0.4, 0.5) is 0 Å². The summed E-state index contributed by atoms with van der Waals surface area (Å²) < 4.78 is 0. The van der Waals surface area contributed by atoms with Crippen molar-refractivity contribution in [3.63, 3.8) is 0 Å². The Bertz CT molecular complexity index is 432. The van der Waals surface area contributed by atoms with E-state index in [1.807, 2.05) is 6.07 Å². The van der Waals surface area contributed by atoms with Crippen LogP contribution in [0.15, 0.2) is 12.1 Å². The minimum Gasteiger partial charge on any atom is -0.395 e. The lowest BCUT2D eigenvalue weighted by Gasteiger charge is -2.30. The molecule has 4 heteroatoms. The Morgan fingerprint density at radius 3 is 2.83 bits per heavy atom. The van der Waals surface area contributed by atoms with Gasteiger partial charge in [-0.3, -0.25) is 4.90 Å². The van der Waals surface area contributed by atoms with Crippen LogP contribution in [0.2, 0.25) is 5.02 Å². The van der Waals surface area contributed by atoms with Crippen LogP contribution in [-0.2, 0) is 6.54 Å². The number of nitrogens with two attached hydrogens (primary N) is 1. The molecule has 0 fully saturated rings. The maximum absolute atomic E-state index is 9.49. The number of hydrogen-bond donors (Lipinski definition) is 2. The van der Waals surface area contributed by atoms with Crippen molar-refractivity contribution in [1.82, 2.24) is 4.90 Å². The first-order valence-electron chi connectivity index (χ1n) is 6.48. The van der Waals surface area contributed by atoms with E-state index in [2.05, 4.69) is 24.8 Å². The molecule has 1 aromatic carbocycles. The number of aliphatic hydroxyl groups is 1. The molecule has 3 nitrogen and oxygen atoms in total. The number of rotatable bonds is 4. The van der Waals surface area contributed by atoms with Crippen LogP contribution in [-0.4, -0.2) is 29.2 Å². The van der Waals surface area contributed by atoms with Gasteiger partial charge in [0.25, 0.3) is 0 Å². The van der Waals surface area contributed by atoms with E-state index in [1.165, 1.54) is 11.1 Å². The van der Waals surface area contributed by atoms with E-state index in [0.29, 0.717) is 6.54 Å². The Kier molecular flexibility index (Phi) is 4.28. The fourth-order valence-corrected chi connectivity index (χ4v) is 3.03. The largest absolute Gasteiger partial charge is 0.395 e. The van der Waals surface area contributed by atoms with Crippen molar-refractivity contribution in [2.24, 2.45) is 5.73 Å². The molecule has 0 aliphatic carbocycles. The molecule has 0 saturated heterocycles. The first-order valence-corrected chi connectivity index (χ1v) is 6.86. The highest BCUT2D eigenvalue weighted by atomic mass is 35.5. The molecule has 3 N–H and O–H groups in total. The Balaban J connectivity index is 2.39. The van der Waals surface area contributed by atoms with Crippen molar-refractivity contribution in [2.45, 2.75) is 38.9 Å². The molecule has 2 rings (SSSR count). The minimum atomic E-state index is 0.170. The highest BCUT2D eigenvalue weighted by molar-refractivity contribution is 6.31. The van der Waals surface area contributed by atoms with Gasteiger partial charge in [0.15, 0.2) is 0 Å². The van der Waals surface area contributed by atoms with Crippen molar-refractivity contribution in [3.05, 3.63) is 33.8 Å². The molecular weight excluding hydrogens is 248 g/mol. The summed E-state index contributed by atoms with van der Waals surface area (Å²) >= 11 is 6.18. The molecular formula is C14H21ClN2O. The van der Waals surface area contributed by atoms with Gasteiger partial charge in [-0.2, -0.15) is 0 Å². The van der Waals surface area contributed by atoms with Crippen LogP contribution >= 0.6 is 11.6 Å². The number of halogens is 1. The quantitative estimate of drug-likeness (QED) is 0.881. The number of nitrogens with zero attached hydrogens (tertiary/aromatic N) is 1. The lowest BCUT2D eigenvalue weighted by Crippen LogP contribution is -2.38. The third kappa shape index (κ3) is 2.16. The zero-order chi connectivity index (χ0) is 13.3. The van der Waals surface area contributed by atoms with Crippen LogP contribution < -0.4 is 5.73 Å². The summed E-state index contributed by atoms with van der Waals surface area (Å²) in [6, 6.07) is 4.39. The predicted octanol–water partition coefficient (Wildman–Crippen LogP) is 2.23. The summed E-state index contributed by atoms with van der Waals surface area (Å²) in [6.45, 7) is 5.73. The Labute approximate surface area is 114 Å². The SMILES string of the molecule is CCC(CO)N1Cc2c(ccc(Cl)c2C)C1CN. The van der Waals surface area contributed by atoms with Gasteiger partial charge in [0.2, 0.25) is 0 Å². The standard InChI is InChI=1S/C14H21ClN2O/c1-3-10(8-18)17-7-12-9(2)13(15)5-4-11(12)14(17)6-16/h4-5,10,14,18H,3,6-8,16H2,1-2H3. The molecule has 0 radical (unpaired) electrons. The predicted molar refractivity (Wildman–Crippen MR) is 74.7 cm³/mol. The van der Waals surface area contributed by atoms with E-state index in [0.717, 1.165) is 23.6 Å². The molecule has 0 saturated carbocycles. The second kappa shape index (κ2) is 5.57. The van der Waals surface area contributed by atoms with Gasteiger partial charge in [-0.1, -0.05) is 24.6 Å². The molecule has 2 unspecified atom stereocenters. The smallest absolute Gasteiger partial charge is 0.0587 e. The normalized spacial score (nSPS) is 21.1. The average molecular weight is 269 g/mol. The highest BCUT2D eigenvalue weighted by Crippen LogP contribution is 2.38. The maximum atomic E-state index is 9.49. The fourth-order valence-electron chi connectivity index (χ4n) is 2.86. The van der Waals surface area contributed by atoms with Crippen LogP contribution in [0.25, 0.3) is 0 Å². The van der Waals surface area contributed by atoms with Gasteiger partial charge in [-0.25, -0.2) is 0 Å². The van der Waals surface area contributed by atoms with Gasteiger partial charge in [0, 0.05) is 30.2 Å². The molecule has 100 valence electrons. The molecule has 1 aromatic rings. The van der Waals surface area contributed by atoms with E-state index in [9.17, 15) is 5.11 Å². The first-order chi connectivity index (χ1) is 8.63. The summed E-state index contributed by atoms with van der Waals surface area (Å²) in [6.07, 6.45) is 0.924. The van der Waals surface area contributed by atoms with E-state index < -0.39 is 0 Å². The second-order valence-electron chi connectivity index (χ2n) is 4.91. The number of aliphatic hydroxyl groups excluding tert-OH is 1. The molecule has 0 amide bonds. The Hall–Kier alpha value is -0.610. The molecule has 0 bridgehead atoms. The third-order valence-electron chi connectivity index (χ3n) is 4.04. The zero-order valence-electron chi connectivity index (χ0n) is 11.0. The monoisotopic (exact) mass is 268 g/mol. The highest BCUT2D eigenvalue weighted by Gasteiger charge is 2.34. The van der Waals surface area contributed by atoms with Crippen molar-refractivity contribution in [1.29, 1.82) is 0 Å². The van der Waals surface area contributed by atoms with Crippen LogP contribution in [0.1, 0.15) is 36.1 Å². The third-order valence-corrected chi connectivity index (χ3v) is 4.45. The van der Waals surface area contributed by atoms with Crippen molar-refractivity contribution in [2.75, 3.05) is 13.2 Å². The second-order valence-corrected chi connectivity index (χ2v) is 5.32. The van der Waals surface area contributed by atoms with Crippen molar-refractivity contribution in [3.8, 4) is 0 Å². The molecule has 0 spiro atoms. The van der Waals surface area contributed by atoms with Gasteiger partial charge in [-0.05, 0) is 36.1 Å². The summed E-state index contributed by atoms with van der Waals surface area (Å²) in [5.41, 5.74) is 9.61. The van der Waals surface area contributed by atoms with Crippen molar-refractivity contribution < 1.29 is 5.11 Å². The molecule has 18 heavy (non-hydrogen) atoms. The summed E-state index contributed by atoms with van der Waals surface area (Å²) in [5, 5.41) is 10.3. The van der Waals surface area contributed by atoms with Gasteiger partial charge in [0.1, 0.15) is 0 Å². The van der Waals surface area contributed by atoms with Crippen LogP contribution in [0.5, 0.6) is 0 Å².